The van der Waals surface area contributed by atoms with Crippen molar-refractivity contribution >= 4 is 11.9 Å². The largest absolute Gasteiger partial charge is 0.480 e. The van der Waals surface area contributed by atoms with Crippen LogP contribution in [0.3, 0.4) is 0 Å². The molecular formula is C14H19NO5. The van der Waals surface area contributed by atoms with E-state index >= 15 is 0 Å². The number of aliphatic carboxylic acids is 1. The highest BCUT2D eigenvalue weighted by Crippen LogP contribution is 2.16. The average Bonchev–Trinajstić information content (AvgIpc) is 2.45. The van der Waals surface area contributed by atoms with Gasteiger partial charge < -0.3 is 19.9 Å². The normalized spacial score (nSPS) is 13.5. The van der Waals surface area contributed by atoms with Crippen LogP contribution in [0.25, 0.3) is 0 Å². The maximum Gasteiger partial charge on any atom is 0.326 e. The van der Waals surface area contributed by atoms with Gasteiger partial charge in [-0.05, 0) is 5.56 Å². The first-order valence-electron chi connectivity index (χ1n) is 6.20. The molecule has 0 bridgehead atoms. The highest BCUT2D eigenvalue weighted by molar-refractivity contribution is 5.87. The summed E-state index contributed by atoms with van der Waals surface area (Å²) in [6, 6.07) is 7.90. The molecule has 1 unspecified atom stereocenters. The Balaban J connectivity index is 2.73. The van der Waals surface area contributed by atoms with Gasteiger partial charge in [0.1, 0.15) is 6.04 Å². The van der Waals surface area contributed by atoms with Crippen molar-refractivity contribution in [3.8, 4) is 0 Å². The lowest BCUT2D eigenvalue weighted by atomic mass is 10.1. The van der Waals surface area contributed by atoms with Gasteiger partial charge in [0.15, 0.2) is 6.10 Å². The molecule has 0 fully saturated rings. The quantitative estimate of drug-likeness (QED) is 0.742. The minimum atomic E-state index is -1.10. The van der Waals surface area contributed by atoms with Crippen molar-refractivity contribution in [2.45, 2.75) is 18.6 Å². The van der Waals surface area contributed by atoms with Gasteiger partial charge in [0, 0.05) is 27.2 Å². The molecule has 0 spiro atoms. The molecule has 2 atom stereocenters. The van der Waals surface area contributed by atoms with Crippen LogP contribution in [0.5, 0.6) is 0 Å². The van der Waals surface area contributed by atoms with E-state index in [4.69, 9.17) is 14.6 Å². The Bertz CT molecular complexity index is 434. The second kappa shape index (κ2) is 8.29. The molecule has 1 aromatic carbocycles. The number of carbonyl (C=O) groups is 2. The fraction of sp³-hybridized carbons (Fsp3) is 0.429. The lowest BCUT2D eigenvalue weighted by Crippen LogP contribution is -2.44. The second-order valence-corrected chi connectivity index (χ2v) is 4.21. The zero-order chi connectivity index (χ0) is 15.0. The molecule has 0 saturated carbocycles. The van der Waals surface area contributed by atoms with E-state index in [1.807, 2.05) is 6.07 Å². The third-order valence-electron chi connectivity index (χ3n) is 2.80. The Labute approximate surface area is 117 Å². The van der Waals surface area contributed by atoms with E-state index in [0.717, 1.165) is 0 Å². The summed E-state index contributed by atoms with van der Waals surface area (Å²) in [5.74, 6) is -1.58. The third-order valence-corrected chi connectivity index (χ3v) is 2.80. The smallest absolute Gasteiger partial charge is 0.326 e. The number of methoxy groups -OCH3 is 2. The summed E-state index contributed by atoms with van der Waals surface area (Å²) >= 11 is 0. The highest BCUT2D eigenvalue weighted by Gasteiger charge is 2.25. The van der Waals surface area contributed by atoms with Crippen molar-refractivity contribution in [2.75, 3.05) is 20.8 Å². The number of rotatable bonds is 8. The Hall–Kier alpha value is -1.92. The van der Waals surface area contributed by atoms with Crippen molar-refractivity contribution in [1.82, 2.24) is 5.32 Å². The van der Waals surface area contributed by atoms with Gasteiger partial charge in [-0.3, -0.25) is 4.79 Å². The topological polar surface area (TPSA) is 84.9 Å². The molecule has 0 saturated heterocycles. The molecule has 0 aliphatic rings. The Morgan fingerprint density at radius 2 is 1.90 bits per heavy atom. The number of hydrogen-bond donors (Lipinski definition) is 2. The first-order valence-corrected chi connectivity index (χ1v) is 6.20. The summed E-state index contributed by atoms with van der Waals surface area (Å²) in [5, 5.41) is 11.5. The fourth-order valence-corrected chi connectivity index (χ4v) is 1.76. The van der Waals surface area contributed by atoms with Crippen molar-refractivity contribution in [3.63, 3.8) is 0 Å². The van der Waals surface area contributed by atoms with Crippen LogP contribution in [0.15, 0.2) is 30.3 Å². The molecule has 0 aliphatic heterocycles. The average molecular weight is 281 g/mol. The van der Waals surface area contributed by atoms with E-state index in [1.165, 1.54) is 14.2 Å². The number of amides is 1. The zero-order valence-corrected chi connectivity index (χ0v) is 11.5. The monoisotopic (exact) mass is 281 g/mol. The molecule has 6 nitrogen and oxygen atoms in total. The van der Waals surface area contributed by atoms with Crippen LogP contribution >= 0.6 is 0 Å². The highest BCUT2D eigenvalue weighted by atomic mass is 16.5. The van der Waals surface area contributed by atoms with Gasteiger partial charge >= 0.3 is 5.97 Å². The van der Waals surface area contributed by atoms with Crippen LogP contribution in [0, 0.1) is 0 Å². The lowest BCUT2D eigenvalue weighted by Gasteiger charge is -2.19. The lowest BCUT2D eigenvalue weighted by molar-refractivity contribution is -0.144. The summed E-state index contributed by atoms with van der Waals surface area (Å²) in [6.45, 7) is 0.250. The number of carboxylic acids is 1. The van der Waals surface area contributed by atoms with E-state index in [2.05, 4.69) is 5.32 Å². The van der Waals surface area contributed by atoms with E-state index < -0.39 is 24.0 Å². The number of carbonyl (C=O) groups excluding carboxylic acids is 1. The number of ether oxygens (including phenoxy) is 2. The Morgan fingerprint density at radius 1 is 1.25 bits per heavy atom. The van der Waals surface area contributed by atoms with Crippen molar-refractivity contribution < 1.29 is 24.2 Å². The first kappa shape index (κ1) is 16.1. The number of hydrogen-bond acceptors (Lipinski definition) is 4. The van der Waals surface area contributed by atoms with Gasteiger partial charge in [-0.25, -0.2) is 4.79 Å². The van der Waals surface area contributed by atoms with Crippen LogP contribution in [0.1, 0.15) is 18.1 Å². The van der Waals surface area contributed by atoms with Crippen LogP contribution in [-0.2, 0) is 19.1 Å². The molecule has 1 rings (SSSR count). The molecule has 20 heavy (non-hydrogen) atoms. The summed E-state index contributed by atoms with van der Waals surface area (Å²) in [6.07, 6.45) is -0.636. The number of carboxylic acid groups (broad SMARTS) is 1. The first-order chi connectivity index (χ1) is 9.60. The fourth-order valence-electron chi connectivity index (χ4n) is 1.76. The van der Waals surface area contributed by atoms with Gasteiger partial charge in [0.2, 0.25) is 0 Å². The van der Waals surface area contributed by atoms with Crippen LogP contribution in [-0.4, -0.2) is 43.9 Å². The minimum Gasteiger partial charge on any atom is -0.480 e. The molecule has 1 amide bonds. The molecule has 110 valence electrons. The summed E-state index contributed by atoms with van der Waals surface area (Å²) in [4.78, 5) is 23.2. The van der Waals surface area contributed by atoms with E-state index in [0.29, 0.717) is 5.56 Å². The van der Waals surface area contributed by atoms with Crippen LogP contribution < -0.4 is 5.32 Å². The van der Waals surface area contributed by atoms with E-state index in [-0.39, 0.29) is 13.0 Å². The van der Waals surface area contributed by atoms with Crippen molar-refractivity contribution in [1.29, 1.82) is 0 Å². The van der Waals surface area contributed by atoms with Crippen LogP contribution in [0.4, 0.5) is 0 Å². The van der Waals surface area contributed by atoms with E-state index in [1.54, 1.807) is 24.3 Å². The second-order valence-electron chi connectivity index (χ2n) is 4.21. The third kappa shape index (κ3) is 4.64. The number of nitrogens with one attached hydrogen (secondary N) is 1. The summed E-state index contributed by atoms with van der Waals surface area (Å²) in [5.41, 5.74) is 0.670. The maximum atomic E-state index is 12.1. The maximum absolute atomic E-state index is 12.1. The summed E-state index contributed by atoms with van der Waals surface area (Å²) < 4.78 is 9.98. The van der Waals surface area contributed by atoms with Crippen LogP contribution in [0.2, 0.25) is 0 Å². The standard InChI is InChI=1S/C14H19NO5/c1-19-9-8-11(14(17)18)15-13(16)12(20-2)10-6-4-3-5-7-10/h3-7,11-12H,8-9H2,1-2H3,(H,15,16)(H,17,18)/t11?,12-/m1/s1. The van der Waals surface area contributed by atoms with Gasteiger partial charge in [0.25, 0.3) is 5.91 Å². The molecule has 2 N–H and O–H groups in total. The van der Waals surface area contributed by atoms with Gasteiger partial charge in [-0.15, -0.1) is 0 Å². The van der Waals surface area contributed by atoms with Crippen molar-refractivity contribution in [2.24, 2.45) is 0 Å². The molecule has 0 aliphatic carbocycles. The molecular weight excluding hydrogens is 262 g/mol. The molecule has 0 radical (unpaired) electrons. The van der Waals surface area contributed by atoms with Gasteiger partial charge in [-0.2, -0.15) is 0 Å². The van der Waals surface area contributed by atoms with Gasteiger partial charge in [-0.1, -0.05) is 30.3 Å². The Morgan fingerprint density at radius 3 is 2.40 bits per heavy atom. The van der Waals surface area contributed by atoms with Crippen molar-refractivity contribution in [3.05, 3.63) is 35.9 Å². The molecule has 1 aromatic rings. The number of benzene rings is 1. The molecule has 0 heterocycles. The van der Waals surface area contributed by atoms with E-state index in [9.17, 15) is 9.59 Å². The molecule has 0 aromatic heterocycles. The summed E-state index contributed by atoms with van der Waals surface area (Å²) in [7, 11) is 2.88. The predicted octanol–water partition coefficient (Wildman–Crippen LogP) is 0.980. The SMILES string of the molecule is COCCC(NC(=O)[C@H](OC)c1ccccc1)C(=O)O. The van der Waals surface area contributed by atoms with Gasteiger partial charge in [0.05, 0.1) is 0 Å². The predicted molar refractivity (Wildman–Crippen MR) is 72.3 cm³/mol. The minimum absolute atomic E-state index is 0.197. The molecule has 6 heteroatoms. The Kier molecular flexibility index (Phi) is 6.69. The zero-order valence-electron chi connectivity index (χ0n) is 11.5.